The number of Topliss-reactive ketones (excluding diaryl/α,β-unsaturated/α-hetero) is 1. The van der Waals surface area contributed by atoms with E-state index in [9.17, 15) is 9.59 Å². The molecular formula is C20H23N7O3. The molecule has 0 unspecified atom stereocenters. The molecule has 3 rings (SSSR count). The minimum Gasteiger partial charge on any atom is -0.494 e. The number of anilines is 3. The number of ether oxygens (including phenoxy) is 1. The van der Waals surface area contributed by atoms with Crippen molar-refractivity contribution < 1.29 is 14.3 Å². The average molecular weight is 409 g/mol. The van der Waals surface area contributed by atoms with E-state index in [1.54, 1.807) is 45.3 Å². The van der Waals surface area contributed by atoms with Gasteiger partial charge in [-0.25, -0.2) is 14.8 Å². The van der Waals surface area contributed by atoms with E-state index >= 15 is 0 Å². The predicted molar refractivity (Wildman–Crippen MR) is 113 cm³/mol. The summed E-state index contributed by atoms with van der Waals surface area (Å²) in [5.41, 5.74) is 2.17. The summed E-state index contributed by atoms with van der Waals surface area (Å²) in [6, 6.07) is 6.77. The summed E-state index contributed by atoms with van der Waals surface area (Å²) < 4.78 is 7.21. The van der Waals surface area contributed by atoms with Crippen LogP contribution in [0, 0.1) is 0 Å². The van der Waals surface area contributed by atoms with Crippen molar-refractivity contribution in [3.8, 4) is 17.1 Å². The van der Waals surface area contributed by atoms with Crippen molar-refractivity contribution in [2.75, 3.05) is 31.8 Å². The average Bonchev–Trinajstić information content (AvgIpc) is 3.13. The van der Waals surface area contributed by atoms with E-state index in [0.717, 1.165) is 0 Å². The number of hydrogen-bond acceptors (Lipinski definition) is 7. The Balaban J connectivity index is 2.02. The van der Waals surface area contributed by atoms with Crippen LogP contribution in [0.25, 0.3) is 11.4 Å². The number of pyridine rings is 1. The first-order chi connectivity index (χ1) is 14.3. The maximum atomic E-state index is 12.1. The summed E-state index contributed by atoms with van der Waals surface area (Å²) in [5, 5.41) is 10.2. The van der Waals surface area contributed by atoms with Crippen LogP contribution in [-0.4, -0.2) is 57.7 Å². The number of ketones is 1. The number of rotatable bonds is 6. The number of urea groups is 1. The van der Waals surface area contributed by atoms with Crippen molar-refractivity contribution in [1.82, 2.24) is 24.6 Å². The maximum Gasteiger partial charge on any atom is 0.322 e. The van der Waals surface area contributed by atoms with Gasteiger partial charge in [-0.05, 0) is 19.1 Å². The number of para-hydroxylation sites is 1. The van der Waals surface area contributed by atoms with E-state index in [1.165, 1.54) is 18.0 Å². The zero-order chi connectivity index (χ0) is 21.8. The SMILES string of the molecule is COc1c(Nc2cc(NC(=O)N(C)C)ncc2C(C)=O)cccc1-c1ncn(C)n1. The first kappa shape index (κ1) is 20.8. The Hall–Kier alpha value is -3.95. The molecule has 2 amide bonds. The van der Waals surface area contributed by atoms with Crippen molar-refractivity contribution in [3.05, 3.63) is 42.4 Å². The normalized spacial score (nSPS) is 10.4. The van der Waals surface area contributed by atoms with Crippen LogP contribution in [-0.2, 0) is 7.05 Å². The summed E-state index contributed by atoms with van der Waals surface area (Å²) in [4.78, 5) is 33.9. The molecule has 2 N–H and O–H groups in total. The topological polar surface area (TPSA) is 114 Å². The molecule has 30 heavy (non-hydrogen) atoms. The van der Waals surface area contributed by atoms with Crippen LogP contribution in [0.15, 0.2) is 36.8 Å². The van der Waals surface area contributed by atoms with Crippen LogP contribution in [0.4, 0.5) is 22.0 Å². The van der Waals surface area contributed by atoms with Crippen LogP contribution in [0.1, 0.15) is 17.3 Å². The molecule has 0 aliphatic carbocycles. The minimum atomic E-state index is -0.329. The smallest absolute Gasteiger partial charge is 0.322 e. The van der Waals surface area contributed by atoms with Gasteiger partial charge in [0.1, 0.15) is 12.1 Å². The molecule has 0 saturated heterocycles. The zero-order valence-corrected chi connectivity index (χ0v) is 17.4. The molecule has 156 valence electrons. The van der Waals surface area contributed by atoms with Gasteiger partial charge in [0.25, 0.3) is 0 Å². The number of aromatic nitrogens is 4. The van der Waals surface area contributed by atoms with Crippen LogP contribution in [0.3, 0.4) is 0 Å². The Morgan fingerprint density at radius 2 is 1.93 bits per heavy atom. The molecule has 0 atom stereocenters. The van der Waals surface area contributed by atoms with Gasteiger partial charge in [-0.1, -0.05) is 6.07 Å². The van der Waals surface area contributed by atoms with E-state index in [-0.39, 0.29) is 11.8 Å². The number of amides is 2. The lowest BCUT2D eigenvalue weighted by molar-refractivity contribution is 0.101. The summed E-state index contributed by atoms with van der Waals surface area (Å²) in [7, 11) is 6.58. The van der Waals surface area contributed by atoms with Crippen molar-refractivity contribution in [3.63, 3.8) is 0 Å². The third kappa shape index (κ3) is 4.37. The van der Waals surface area contributed by atoms with Gasteiger partial charge in [-0.15, -0.1) is 0 Å². The molecule has 0 bridgehead atoms. The fraction of sp³-hybridized carbons (Fsp3) is 0.250. The Morgan fingerprint density at radius 3 is 2.53 bits per heavy atom. The largest absolute Gasteiger partial charge is 0.494 e. The fourth-order valence-electron chi connectivity index (χ4n) is 2.77. The van der Waals surface area contributed by atoms with E-state index in [1.807, 2.05) is 18.2 Å². The van der Waals surface area contributed by atoms with Gasteiger partial charge in [0.05, 0.1) is 29.6 Å². The van der Waals surface area contributed by atoms with E-state index in [0.29, 0.717) is 39.9 Å². The Bertz CT molecular complexity index is 1090. The van der Waals surface area contributed by atoms with Gasteiger partial charge in [-0.3, -0.25) is 14.8 Å². The number of carbonyl (C=O) groups excluding carboxylic acids is 2. The number of hydrogen-bond donors (Lipinski definition) is 2. The molecule has 0 aliphatic rings. The molecule has 3 aromatic rings. The molecule has 1 aromatic carbocycles. The molecule has 2 aromatic heterocycles. The molecule has 10 nitrogen and oxygen atoms in total. The van der Waals surface area contributed by atoms with Crippen molar-refractivity contribution in [2.45, 2.75) is 6.92 Å². The molecule has 0 spiro atoms. The lowest BCUT2D eigenvalue weighted by Gasteiger charge is -2.17. The Kier molecular flexibility index (Phi) is 5.95. The molecular weight excluding hydrogens is 386 g/mol. The number of carbonyl (C=O) groups is 2. The summed E-state index contributed by atoms with van der Waals surface area (Å²) in [6.07, 6.45) is 3.03. The third-order valence-corrected chi connectivity index (χ3v) is 4.25. The standard InChI is InChI=1S/C20H23N7O3/c1-12(28)14-10-21-17(24-20(29)26(2)3)9-16(14)23-15-8-6-7-13(18(15)30-5)19-22-11-27(4)25-19/h6-11H,1-5H3,(H2,21,23,24,29). The van der Waals surface area contributed by atoms with Crippen molar-refractivity contribution in [2.24, 2.45) is 7.05 Å². The van der Waals surface area contributed by atoms with Gasteiger partial charge >= 0.3 is 6.03 Å². The van der Waals surface area contributed by atoms with Crippen LogP contribution in [0.2, 0.25) is 0 Å². The van der Waals surface area contributed by atoms with E-state index in [2.05, 4.69) is 25.7 Å². The number of benzene rings is 1. The van der Waals surface area contributed by atoms with Gasteiger partial charge in [0.15, 0.2) is 17.4 Å². The highest BCUT2D eigenvalue weighted by atomic mass is 16.5. The number of aryl methyl sites for hydroxylation is 1. The highest BCUT2D eigenvalue weighted by Crippen LogP contribution is 2.37. The lowest BCUT2D eigenvalue weighted by atomic mass is 10.1. The van der Waals surface area contributed by atoms with Crippen LogP contribution < -0.4 is 15.4 Å². The Labute approximate surface area is 173 Å². The highest BCUT2D eigenvalue weighted by Gasteiger charge is 2.17. The Morgan fingerprint density at radius 1 is 1.17 bits per heavy atom. The van der Waals surface area contributed by atoms with Crippen molar-refractivity contribution in [1.29, 1.82) is 0 Å². The van der Waals surface area contributed by atoms with Gasteiger partial charge in [0, 0.05) is 33.4 Å². The molecule has 0 aliphatic heterocycles. The molecule has 0 radical (unpaired) electrons. The van der Waals surface area contributed by atoms with Gasteiger partial charge < -0.3 is 15.0 Å². The number of nitrogens with one attached hydrogen (secondary N) is 2. The molecule has 10 heteroatoms. The second-order valence-corrected chi connectivity index (χ2v) is 6.75. The van der Waals surface area contributed by atoms with Crippen LogP contribution >= 0.6 is 0 Å². The summed E-state index contributed by atoms with van der Waals surface area (Å²) >= 11 is 0. The van der Waals surface area contributed by atoms with Crippen LogP contribution in [0.5, 0.6) is 5.75 Å². The third-order valence-electron chi connectivity index (χ3n) is 4.25. The molecule has 0 fully saturated rings. The lowest BCUT2D eigenvalue weighted by Crippen LogP contribution is -2.27. The van der Waals surface area contributed by atoms with E-state index < -0.39 is 0 Å². The number of nitrogens with zero attached hydrogens (tertiary/aromatic N) is 5. The highest BCUT2D eigenvalue weighted by molar-refractivity contribution is 6.01. The zero-order valence-electron chi connectivity index (χ0n) is 17.4. The van der Waals surface area contributed by atoms with Gasteiger partial charge in [0.2, 0.25) is 0 Å². The summed E-state index contributed by atoms with van der Waals surface area (Å²) in [5.74, 6) is 1.17. The first-order valence-electron chi connectivity index (χ1n) is 9.09. The maximum absolute atomic E-state index is 12.1. The summed E-state index contributed by atoms with van der Waals surface area (Å²) in [6.45, 7) is 1.45. The monoisotopic (exact) mass is 409 g/mol. The molecule has 0 saturated carbocycles. The van der Waals surface area contributed by atoms with Crippen molar-refractivity contribution >= 4 is 29.0 Å². The predicted octanol–water partition coefficient (Wildman–Crippen LogP) is 2.93. The van der Waals surface area contributed by atoms with Gasteiger partial charge in [-0.2, -0.15) is 5.10 Å². The quantitative estimate of drug-likeness (QED) is 0.602. The second kappa shape index (κ2) is 8.60. The number of methoxy groups -OCH3 is 1. The fourth-order valence-corrected chi connectivity index (χ4v) is 2.77. The molecule has 2 heterocycles. The minimum absolute atomic E-state index is 0.169. The second-order valence-electron chi connectivity index (χ2n) is 6.75. The first-order valence-corrected chi connectivity index (χ1v) is 9.09. The van der Waals surface area contributed by atoms with E-state index in [4.69, 9.17) is 4.74 Å².